The maximum absolute atomic E-state index is 13.4. The molecule has 2 aliphatic carbocycles. The zero-order valence-corrected chi connectivity index (χ0v) is 14.4. The van der Waals surface area contributed by atoms with Crippen LogP contribution in [0, 0.1) is 29.4 Å². The van der Waals surface area contributed by atoms with Gasteiger partial charge in [-0.25, -0.2) is 8.78 Å². The lowest BCUT2D eigenvalue weighted by molar-refractivity contribution is 0.156. The monoisotopic (exact) mass is 320 g/mol. The van der Waals surface area contributed by atoms with Gasteiger partial charge in [0.15, 0.2) is 11.6 Å². The smallest absolute Gasteiger partial charge is 0.159 e. The highest BCUT2D eigenvalue weighted by Gasteiger charge is 2.31. The molecule has 0 radical (unpaired) electrons. The van der Waals surface area contributed by atoms with Crippen LogP contribution < -0.4 is 0 Å². The number of rotatable bonds is 4. The molecular formula is C21H30F2. The van der Waals surface area contributed by atoms with Gasteiger partial charge in [0, 0.05) is 0 Å². The molecule has 2 saturated carbocycles. The van der Waals surface area contributed by atoms with E-state index in [4.69, 9.17) is 0 Å². The van der Waals surface area contributed by atoms with Gasteiger partial charge >= 0.3 is 0 Å². The topological polar surface area (TPSA) is 0 Å². The zero-order valence-electron chi connectivity index (χ0n) is 14.4. The van der Waals surface area contributed by atoms with Gasteiger partial charge in [-0.05, 0) is 79.9 Å². The van der Waals surface area contributed by atoms with Crippen LogP contribution in [0.5, 0.6) is 0 Å². The molecule has 1 aromatic rings. The second-order valence-electron chi connectivity index (χ2n) is 7.85. The van der Waals surface area contributed by atoms with Crippen LogP contribution in [0.25, 0.3) is 0 Å². The Hall–Kier alpha value is -0.920. The Morgan fingerprint density at radius 2 is 1.43 bits per heavy atom. The molecule has 2 fully saturated rings. The van der Waals surface area contributed by atoms with Gasteiger partial charge in [0.25, 0.3) is 0 Å². The summed E-state index contributed by atoms with van der Waals surface area (Å²) in [4.78, 5) is 0. The van der Waals surface area contributed by atoms with E-state index in [1.807, 2.05) is 0 Å². The summed E-state index contributed by atoms with van der Waals surface area (Å²) >= 11 is 0. The van der Waals surface area contributed by atoms with E-state index in [0.717, 1.165) is 36.2 Å². The quantitative estimate of drug-likeness (QED) is 0.569. The fourth-order valence-electron chi connectivity index (χ4n) is 5.05. The van der Waals surface area contributed by atoms with E-state index in [2.05, 4.69) is 6.92 Å². The van der Waals surface area contributed by atoms with E-state index in [1.54, 1.807) is 6.07 Å². The average Bonchev–Trinajstić information content (AvgIpc) is 2.59. The molecule has 3 rings (SSSR count). The first-order chi connectivity index (χ1) is 11.2. The molecule has 0 atom stereocenters. The minimum atomic E-state index is -0.730. The number of benzene rings is 1. The first-order valence-electron chi connectivity index (χ1n) is 9.62. The Balaban J connectivity index is 1.50. The fourth-order valence-corrected chi connectivity index (χ4v) is 5.05. The van der Waals surface area contributed by atoms with Crippen molar-refractivity contribution in [1.29, 1.82) is 0 Å². The van der Waals surface area contributed by atoms with Crippen LogP contribution in [0.2, 0.25) is 0 Å². The van der Waals surface area contributed by atoms with Crippen molar-refractivity contribution in [3.05, 3.63) is 35.4 Å². The second kappa shape index (κ2) is 7.77. The van der Waals surface area contributed by atoms with Crippen molar-refractivity contribution in [3.63, 3.8) is 0 Å². The van der Waals surface area contributed by atoms with Crippen LogP contribution in [0.4, 0.5) is 8.78 Å². The maximum Gasteiger partial charge on any atom is 0.159 e. The summed E-state index contributed by atoms with van der Waals surface area (Å²) in [7, 11) is 0. The molecule has 0 saturated heterocycles. The van der Waals surface area contributed by atoms with Crippen molar-refractivity contribution < 1.29 is 8.78 Å². The third kappa shape index (κ3) is 4.14. The van der Waals surface area contributed by atoms with Crippen LogP contribution in [0.15, 0.2) is 18.2 Å². The summed E-state index contributed by atoms with van der Waals surface area (Å²) in [5, 5.41) is 0. The molecule has 128 valence electrons. The fraction of sp³-hybridized carbons (Fsp3) is 0.714. The molecule has 0 aromatic heterocycles. The lowest BCUT2D eigenvalue weighted by atomic mass is 9.68. The normalized spacial score (nSPS) is 32.0. The Morgan fingerprint density at radius 1 is 0.826 bits per heavy atom. The van der Waals surface area contributed by atoms with E-state index in [0.29, 0.717) is 5.92 Å². The molecule has 0 unspecified atom stereocenters. The summed E-state index contributed by atoms with van der Waals surface area (Å²) in [6.07, 6.45) is 13.3. The predicted molar refractivity (Wildman–Crippen MR) is 91.4 cm³/mol. The van der Waals surface area contributed by atoms with Gasteiger partial charge in [-0.2, -0.15) is 0 Å². The molecule has 0 nitrogen and oxygen atoms in total. The van der Waals surface area contributed by atoms with Crippen LogP contribution in [0.1, 0.15) is 82.6 Å². The number of hydrogen-bond donors (Lipinski definition) is 0. The standard InChI is InChI=1S/C21H30F2/c1-2-3-15-4-6-16(7-5-15)17-8-10-18(11-9-17)19-12-13-20(22)21(23)14-19/h12-18H,2-11H2,1H3/t15?,16?,17-,18-. The van der Waals surface area contributed by atoms with Crippen molar-refractivity contribution in [3.8, 4) is 0 Å². The molecular weight excluding hydrogens is 290 g/mol. The van der Waals surface area contributed by atoms with Crippen LogP contribution in [0.3, 0.4) is 0 Å². The SMILES string of the molecule is CCCC1CCC([C@H]2CC[C@H](c3ccc(F)c(F)c3)CC2)CC1. The number of hydrogen-bond acceptors (Lipinski definition) is 0. The lowest BCUT2D eigenvalue weighted by Gasteiger charge is -2.38. The molecule has 2 heteroatoms. The van der Waals surface area contributed by atoms with E-state index in [-0.39, 0.29) is 0 Å². The summed E-state index contributed by atoms with van der Waals surface area (Å²) in [6.45, 7) is 2.30. The van der Waals surface area contributed by atoms with Crippen LogP contribution in [-0.4, -0.2) is 0 Å². The summed E-state index contributed by atoms with van der Waals surface area (Å²) < 4.78 is 26.5. The van der Waals surface area contributed by atoms with Gasteiger partial charge in [0.2, 0.25) is 0 Å². The molecule has 0 spiro atoms. The lowest BCUT2D eigenvalue weighted by Crippen LogP contribution is -2.25. The van der Waals surface area contributed by atoms with E-state index in [9.17, 15) is 8.78 Å². The van der Waals surface area contributed by atoms with Gasteiger partial charge < -0.3 is 0 Å². The van der Waals surface area contributed by atoms with Gasteiger partial charge in [-0.15, -0.1) is 0 Å². The molecule has 2 aliphatic rings. The zero-order chi connectivity index (χ0) is 16.2. The largest absolute Gasteiger partial charge is 0.204 e. The first-order valence-corrected chi connectivity index (χ1v) is 9.62. The highest BCUT2D eigenvalue weighted by atomic mass is 19.2. The number of halogens is 2. The Labute approximate surface area is 139 Å². The summed E-state index contributed by atoms with van der Waals surface area (Å²) in [6, 6.07) is 4.47. The predicted octanol–water partition coefficient (Wildman–Crippen LogP) is 6.85. The van der Waals surface area contributed by atoms with Crippen molar-refractivity contribution in [1.82, 2.24) is 0 Å². The minimum Gasteiger partial charge on any atom is -0.204 e. The summed E-state index contributed by atoms with van der Waals surface area (Å²) in [5.41, 5.74) is 0.994. The van der Waals surface area contributed by atoms with Crippen molar-refractivity contribution in [2.24, 2.45) is 17.8 Å². The Kier molecular flexibility index (Phi) is 5.71. The van der Waals surface area contributed by atoms with Crippen molar-refractivity contribution in [2.75, 3.05) is 0 Å². The van der Waals surface area contributed by atoms with E-state index in [1.165, 1.54) is 63.5 Å². The Morgan fingerprint density at radius 3 is 2.00 bits per heavy atom. The maximum atomic E-state index is 13.4. The third-order valence-electron chi connectivity index (χ3n) is 6.44. The highest BCUT2D eigenvalue weighted by Crippen LogP contribution is 2.44. The van der Waals surface area contributed by atoms with Gasteiger partial charge in [-0.1, -0.05) is 38.7 Å². The summed E-state index contributed by atoms with van der Waals surface area (Å²) in [5.74, 6) is 1.78. The molecule has 0 N–H and O–H groups in total. The van der Waals surface area contributed by atoms with Gasteiger partial charge in [-0.3, -0.25) is 0 Å². The molecule has 23 heavy (non-hydrogen) atoms. The Bertz CT molecular complexity index is 495. The average molecular weight is 320 g/mol. The van der Waals surface area contributed by atoms with Crippen LogP contribution in [-0.2, 0) is 0 Å². The highest BCUT2D eigenvalue weighted by molar-refractivity contribution is 5.22. The van der Waals surface area contributed by atoms with Gasteiger partial charge in [0.05, 0.1) is 0 Å². The van der Waals surface area contributed by atoms with Crippen LogP contribution >= 0.6 is 0 Å². The minimum absolute atomic E-state index is 0.429. The molecule has 0 aliphatic heterocycles. The van der Waals surface area contributed by atoms with Crippen molar-refractivity contribution in [2.45, 2.75) is 77.0 Å². The van der Waals surface area contributed by atoms with Gasteiger partial charge in [0.1, 0.15) is 0 Å². The molecule has 0 amide bonds. The van der Waals surface area contributed by atoms with Crippen molar-refractivity contribution >= 4 is 0 Å². The second-order valence-corrected chi connectivity index (χ2v) is 7.85. The van der Waals surface area contributed by atoms with E-state index < -0.39 is 11.6 Å². The first kappa shape index (κ1) is 16.9. The third-order valence-corrected chi connectivity index (χ3v) is 6.44. The van der Waals surface area contributed by atoms with E-state index >= 15 is 0 Å². The molecule has 1 aromatic carbocycles. The molecule has 0 heterocycles. The molecule has 0 bridgehead atoms.